The van der Waals surface area contributed by atoms with Crippen LogP contribution in [-0.4, -0.2) is 60.8 Å². The summed E-state index contributed by atoms with van der Waals surface area (Å²) in [5.41, 5.74) is 5.88. The molecule has 2 aliphatic rings. The van der Waals surface area contributed by atoms with Crippen LogP contribution in [0.5, 0.6) is 0 Å². The first-order valence-electron chi connectivity index (χ1n) is 8.74. The fourth-order valence-electron chi connectivity index (χ4n) is 3.48. The van der Waals surface area contributed by atoms with E-state index in [1.165, 1.54) is 32.1 Å². The molecule has 0 unspecified atom stereocenters. The molecule has 2 fully saturated rings. The second-order valence-corrected chi connectivity index (χ2v) is 7.95. The monoisotopic (exact) mass is 311 g/mol. The van der Waals surface area contributed by atoms with Gasteiger partial charge in [-0.3, -0.25) is 4.90 Å². The summed E-state index contributed by atoms with van der Waals surface area (Å²) in [7, 11) is 0. The van der Waals surface area contributed by atoms with E-state index < -0.39 is 5.60 Å². The number of hydrogen-bond donors (Lipinski definition) is 1. The van der Waals surface area contributed by atoms with Crippen molar-refractivity contribution in [2.45, 2.75) is 58.5 Å². The Morgan fingerprint density at radius 3 is 2.23 bits per heavy atom. The van der Waals surface area contributed by atoms with Gasteiger partial charge in [0.05, 0.1) is 0 Å². The summed E-state index contributed by atoms with van der Waals surface area (Å²) in [4.78, 5) is 16.4. The Morgan fingerprint density at radius 1 is 1.14 bits per heavy atom. The van der Waals surface area contributed by atoms with Gasteiger partial charge in [-0.15, -0.1) is 0 Å². The number of hydrogen-bond acceptors (Lipinski definition) is 4. The minimum Gasteiger partial charge on any atom is -0.444 e. The molecule has 1 heterocycles. The molecule has 0 atom stereocenters. The SMILES string of the molecule is CC(C)(C)OC(=O)N1CCN(CCC2(CCN)CCC2)CC1. The van der Waals surface area contributed by atoms with Crippen molar-refractivity contribution in [2.24, 2.45) is 11.1 Å². The lowest BCUT2D eigenvalue weighted by Crippen LogP contribution is -2.50. The zero-order chi connectivity index (χ0) is 16.2. The molecule has 0 bridgehead atoms. The number of rotatable bonds is 5. The average molecular weight is 311 g/mol. The Labute approximate surface area is 135 Å². The van der Waals surface area contributed by atoms with Crippen LogP contribution in [0.4, 0.5) is 4.79 Å². The smallest absolute Gasteiger partial charge is 0.410 e. The van der Waals surface area contributed by atoms with Crippen LogP contribution in [0.25, 0.3) is 0 Å². The van der Waals surface area contributed by atoms with Crippen molar-refractivity contribution in [3.05, 3.63) is 0 Å². The zero-order valence-corrected chi connectivity index (χ0v) is 14.6. The maximum absolute atomic E-state index is 12.0. The van der Waals surface area contributed by atoms with Gasteiger partial charge < -0.3 is 15.4 Å². The van der Waals surface area contributed by atoms with E-state index in [9.17, 15) is 4.79 Å². The lowest BCUT2D eigenvalue weighted by Gasteiger charge is -2.44. The number of carbonyl (C=O) groups excluding carboxylic acids is 1. The van der Waals surface area contributed by atoms with Crippen LogP contribution < -0.4 is 5.73 Å². The van der Waals surface area contributed by atoms with Crippen LogP contribution in [0.1, 0.15) is 52.9 Å². The van der Waals surface area contributed by atoms with Gasteiger partial charge in [0, 0.05) is 26.2 Å². The highest BCUT2D eigenvalue weighted by atomic mass is 16.6. The van der Waals surface area contributed by atoms with Crippen molar-refractivity contribution in [3.8, 4) is 0 Å². The molecular weight excluding hydrogens is 278 g/mol. The van der Waals surface area contributed by atoms with Gasteiger partial charge in [0.1, 0.15) is 5.60 Å². The second kappa shape index (κ2) is 7.18. The van der Waals surface area contributed by atoms with Crippen molar-refractivity contribution in [3.63, 3.8) is 0 Å². The molecule has 1 saturated carbocycles. The summed E-state index contributed by atoms with van der Waals surface area (Å²) in [6.45, 7) is 11.2. The van der Waals surface area contributed by atoms with E-state index in [2.05, 4.69) is 4.90 Å². The molecule has 1 amide bonds. The fraction of sp³-hybridized carbons (Fsp3) is 0.941. The Hall–Kier alpha value is -0.810. The maximum Gasteiger partial charge on any atom is 0.410 e. The second-order valence-electron chi connectivity index (χ2n) is 7.95. The summed E-state index contributed by atoms with van der Waals surface area (Å²) < 4.78 is 5.44. The number of amides is 1. The lowest BCUT2D eigenvalue weighted by molar-refractivity contribution is 0.0114. The molecule has 22 heavy (non-hydrogen) atoms. The predicted octanol–water partition coefficient (Wildman–Crippen LogP) is 2.45. The predicted molar refractivity (Wildman–Crippen MR) is 88.8 cm³/mol. The van der Waals surface area contributed by atoms with E-state index in [4.69, 9.17) is 10.5 Å². The van der Waals surface area contributed by atoms with Gasteiger partial charge in [0.15, 0.2) is 0 Å². The third-order valence-electron chi connectivity index (χ3n) is 5.07. The van der Waals surface area contributed by atoms with Crippen LogP contribution in [-0.2, 0) is 4.74 Å². The van der Waals surface area contributed by atoms with Gasteiger partial charge in [-0.2, -0.15) is 0 Å². The highest BCUT2D eigenvalue weighted by Crippen LogP contribution is 2.46. The first-order valence-corrected chi connectivity index (χ1v) is 8.74. The minimum atomic E-state index is -0.410. The van der Waals surface area contributed by atoms with Gasteiger partial charge in [-0.1, -0.05) is 6.42 Å². The quantitative estimate of drug-likeness (QED) is 0.847. The molecule has 2 N–H and O–H groups in total. The normalized spacial score (nSPS) is 22.3. The van der Waals surface area contributed by atoms with E-state index in [1.807, 2.05) is 25.7 Å². The maximum atomic E-state index is 12.0. The summed E-state index contributed by atoms with van der Waals surface area (Å²) in [6.07, 6.45) is 6.32. The molecule has 0 radical (unpaired) electrons. The molecule has 1 saturated heterocycles. The molecule has 5 nitrogen and oxygen atoms in total. The van der Waals surface area contributed by atoms with Gasteiger partial charge in [-0.25, -0.2) is 4.79 Å². The minimum absolute atomic E-state index is 0.175. The molecule has 5 heteroatoms. The average Bonchev–Trinajstić information content (AvgIpc) is 2.40. The number of nitrogens with zero attached hydrogens (tertiary/aromatic N) is 2. The van der Waals surface area contributed by atoms with Gasteiger partial charge in [-0.05, 0) is 65.0 Å². The zero-order valence-electron chi connectivity index (χ0n) is 14.6. The molecule has 0 spiro atoms. The van der Waals surface area contributed by atoms with E-state index in [1.54, 1.807) is 0 Å². The molecule has 1 aliphatic heterocycles. The van der Waals surface area contributed by atoms with Crippen molar-refractivity contribution in [1.29, 1.82) is 0 Å². The van der Waals surface area contributed by atoms with Crippen molar-refractivity contribution in [2.75, 3.05) is 39.3 Å². The lowest BCUT2D eigenvalue weighted by atomic mass is 9.64. The van der Waals surface area contributed by atoms with E-state index in [0.29, 0.717) is 5.41 Å². The van der Waals surface area contributed by atoms with Crippen LogP contribution >= 0.6 is 0 Å². The first-order chi connectivity index (χ1) is 10.3. The molecule has 0 aromatic heterocycles. The van der Waals surface area contributed by atoms with E-state index in [0.717, 1.165) is 39.3 Å². The van der Waals surface area contributed by atoms with Gasteiger partial charge in [0.2, 0.25) is 0 Å². The molecule has 1 aliphatic carbocycles. The standard InChI is InChI=1S/C17H33N3O2/c1-16(2,3)22-15(21)20-13-11-19(12-14-20)10-8-17(7-9-18)5-4-6-17/h4-14,18H2,1-3H3. The Balaban J connectivity index is 1.70. The Kier molecular flexibility index (Phi) is 5.72. The van der Waals surface area contributed by atoms with Crippen LogP contribution in [0.3, 0.4) is 0 Å². The Morgan fingerprint density at radius 2 is 1.77 bits per heavy atom. The highest BCUT2D eigenvalue weighted by molar-refractivity contribution is 5.68. The Bertz CT molecular complexity index is 367. The summed E-state index contributed by atoms with van der Waals surface area (Å²) in [5.74, 6) is 0. The number of nitrogens with two attached hydrogens (primary N) is 1. The number of ether oxygens (including phenoxy) is 1. The van der Waals surface area contributed by atoms with Crippen LogP contribution in [0.2, 0.25) is 0 Å². The molecule has 0 aromatic rings. The third-order valence-corrected chi connectivity index (χ3v) is 5.07. The topological polar surface area (TPSA) is 58.8 Å². The number of piperazine rings is 1. The summed E-state index contributed by atoms with van der Waals surface area (Å²) in [5, 5.41) is 0. The van der Waals surface area contributed by atoms with E-state index >= 15 is 0 Å². The van der Waals surface area contributed by atoms with Gasteiger partial charge >= 0.3 is 6.09 Å². The number of carbonyl (C=O) groups is 1. The summed E-state index contributed by atoms with van der Waals surface area (Å²) in [6, 6.07) is 0. The van der Waals surface area contributed by atoms with Crippen LogP contribution in [0.15, 0.2) is 0 Å². The molecule has 128 valence electrons. The summed E-state index contributed by atoms with van der Waals surface area (Å²) >= 11 is 0. The largest absolute Gasteiger partial charge is 0.444 e. The molecule has 2 rings (SSSR count). The fourth-order valence-corrected chi connectivity index (χ4v) is 3.48. The first kappa shape index (κ1) is 17.5. The van der Waals surface area contributed by atoms with Crippen LogP contribution in [0, 0.1) is 5.41 Å². The van der Waals surface area contributed by atoms with Crippen molar-refractivity contribution in [1.82, 2.24) is 9.80 Å². The van der Waals surface area contributed by atoms with Crippen molar-refractivity contribution >= 4 is 6.09 Å². The highest BCUT2D eigenvalue weighted by Gasteiger charge is 2.36. The van der Waals surface area contributed by atoms with E-state index in [-0.39, 0.29) is 6.09 Å². The molecule has 0 aromatic carbocycles. The molecular formula is C17H33N3O2. The van der Waals surface area contributed by atoms with Gasteiger partial charge in [0.25, 0.3) is 0 Å². The van der Waals surface area contributed by atoms with Crippen molar-refractivity contribution < 1.29 is 9.53 Å². The third kappa shape index (κ3) is 4.85.